The average Bonchev–Trinajstić information content (AvgIpc) is 3.10. The average molecular weight is 350 g/mol. The van der Waals surface area contributed by atoms with E-state index in [1.165, 1.54) is 9.13 Å². The Labute approximate surface area is 144 Å². The van der Waals surface area contributed by atoms with Crippen LogP contribution in [0.1, 0.15) is 26.2 Å². The molecule has 1 amide bonds. The molecule has 0 atom stereocenters. The smallest absolute Gasteiger partial charge is 0.331 e. The van der Waals surface area contributed by atoms with E-state index in [1.807, 2.05) is 6.92 Å². The molecule has 24 heavy (non-hydrogen) atoms. The third kappa shape index (κ3) is 2.98. The Kier molecular flexibility index (Phi) is 4.76. The van der Waals surface area contributed by atoms with Crippen LogP contribution >= 0.6 is 11.6 Å². The van der Waals surface area contributed by atoms with Gasteiger partial charge in [-0.25, -0.2) is 4.79 Å². The zero-order chi connectivity index (χ0) is 17.3. The van der Waals surface area contributed by atoms with E-state index in [0.29, 0.717) is 28.9 Å². The molecule has 0 spiro atoms. The van der Waals surface area contributed by atoms with Gasteiger partial charge in [0, 0.05) is 24.7 Å². The Hall–Kier alpha value is -2.08. The van der Waals surface area contributed by atoms with Crippen molar-refractivity contribution >= 4 is 28.4 Å². The van der Waals surface area contributed by atoms with Gasteiger partial charge in [0.25, 0.3) is 5.56 Å². The molecule has 0 unspecified atom stereocenters. The summed E-state index contributed by atoms with van der Waals surface area (Å²) in [5, 5.41) is 0.832. The molecule has 3 rings (SSSR count). The number of hydrogen-bond donors (Lipinski definition) is 0. The molecule has 1 aromatic carbocycles. The first-order valence-corrected chi connectivity index (χ1v) is 8.61. The summed E-state index contributed by atoms with van der Waals surface area (Å²) in [7, 11) is 0. The molecular formula is C17H20ClN3O3. The Morgan fingerprint density at radius 3 is 2.54 bits per heavy atom. The predicted octanol–water partition coefficient (Wildman–Crippen LogP) is 1.85. The lowest BCUT2D eigenvalue weighted by molar-refractivity contribution is -0.130. The Morgan fingerprint density at radius 1 is 1.17 bits per heavy atom. The van der Waals surface area contributed by atoms with Gasteiger partial charge in [0.05, 0.1) is 10.9 Å². The first-order chi connectivity index (χ1) is 11.5. The van der Waals surface area contributed by atoms with Crippen molar-refractivity contribution in [1.29, 1.82) is 0 Å². The van der Waals surface area contributed by atoms with Gasteiger partial charge in [-0.05, 0) is 37.5 Å². The Balaban J connectivity index is 2.16. The number of rotatable bonds is 4. The Morgan fingerprint density at radius 2 is 1.88 bits per heavy atom. The van der Waals surface area contributed by atoms with E-state index in [4.69, 9.17) is 11.6 Å². The fourth-order valence-electron chi connectivity index (χ4n) is 3.17. The number of benzene rings is 1. The summed E-state index contributed by atoms with van der Waals surface area (Å²) in [6, 6.07) is 4.81. The molecule has 0 saturated carbocycles. The highest BCUT2D eigenvalue weighted by Crippen LogP contribution is 2.16. The maximum absolute atomic E-state index is 12.8. The van der Waals surface area contributed by atoms with E-state index in [9.17, 15) is 14.4 Å². The highest BCUT2D eigenvalue weighted by atomic mass is 35.5. The molecule has 1 fully saturated rings. The third-order valence-electron chi connectivity index (χ3n) is 4.39. The molecule has 6 nitrogen and oxygen atoms in total. The maximum atomic E-state index is 12.8. The van der Waals surface area contributed by atoms with E-state index in [1.54, 1.807) is 23.1 Å². The summed E-state index contributed by atoms with van der Waals surface area (Å²) < 4.78 is 2.58. The van der Waals surface area contributed by atoms with Gasteiger partial charge in [-0.15, -0.1) is 0 Å². The van der Waals surface area contributed by atoms with Crippen molar-refractivity contribution in [1.82, 2.24) is 14.0 Å². The molecule has 0 radical (unpaired) electrons. The zero-order valence-electron chi connectivity index (χ0n) is 13.6. The van der Waals surface area contributed by atoms with E-state index >= 15 is 0 Å². The van der Waals surface area contributed by atoms with Gasteiger partial charge in [-0.2, -0.15) is 0 Å². The van der Waals surface area contributed by atoms with Crippen LogP contribution in [0.25, 0.3) is 10.9 Å². The first-order valence-electron chi connectivity index (χ1n) is 8.23. The molecule has 2 heterocycles. The van der Waals surface area contributed by atoms with Gasteiger partial charge in [0.15, 0.2) is 0 Å². The van der Waals surface area contributed by atoms with Crippen molar-refractivity contribution < 1.29 is 4.79 Å². The number of hydrogen-bond acceptors (Lipinski definition) is 3. The SMILES string of the molecule is CCCn1c(=O)c2ccc(Cl)cc2n(CC(=O)N2CCCC2)c1=O. The number of carbonyl (C=O) groups excluding carboxylic acids is 1. The van der Waals surface area contributed by atoms with E-state index in [-0.39, 0.29) is 18.0 Å². The van der Waals surface area contributed by atoms with Gasteiger partial charge in [-0.3, -0.25) is 18.7 Å². The standard InChI is InChI=1S/C17H20ClN3O3/c1-2-7-20-16(23)13-6-5-12(18)10-14(13)21(17(20)24)11-15(22)19-8-3-4-9-19/h5-6,10H,2-4,7-9,11H2,1H3. The fourth-order valence-corrected chi connectivity index (χ4v) is 3.33. The fraction of sp³-hybridized carbons (Fsp3) is 0.471. The minimum absolute atomic E-state index is 0.0698. The Bertz CT molecular complexity index is 894. The quantitative estimate of drug-likeness (QED) is 0.846. The topological polar surface area (TPSA) is 64.3 Å². The van der Waals surface area contributed by atoms with Crippen molar-refractivity contribution in [3.8, 4) is 0 Å². The van der Waals surface area contributed by atoms with Gasteiger partial charge in [0.1, 0.15) is 6.54 Å². The van der Waals surface area contributed by atoms with Crippen LogP contribution < -0.4 is 11.2 Å². The van der Waals surface area contributed by atoms with E-state index in [2.05, 4.69) is 0 Å². The minimum Gasteiger partial charge on any atom is -0.341 e. The third-order valence-corrected chi connectivity index (χ3v) is 4.62. The largest absolute Gasteiger partial charge is 0.341 e. The van der Waals surface area contributed by atoms with E-state index < -0.39 is 5.69 Å². The molecule has 0 N–H and O–H groups in total. The molecule has 1 aliphatic rings. The van der Waals surface area contributed by atoms with Gasteiger partial charge in [0.2, 0.25) is 5.91 Å². The van der Waals surface area contributed by atoms with Crippen molar-refractivity contribution in [2.75, 3.05) is 13.1 Å². The number of aromatic nitrogens is 2. The lowest BCUT2D eigenvalue weighted by atomic mass is 10.2. The van der Waals surface area contributed by atoms with Crippen LogP contribution in [0.15, 0.2) is 27.8 Å². The second-order valence-corrected chi connectivity index (χ2v) is 6.51. The van der Waals surface area contributed by atoms with E-state index in [0.717, 1.165) is 25.9 Å². The highest BCUT2D eigenvalue weighted by molar-refractivity contribution is 6.31. The van der Waals surface area contributed by atoms with Crippen LogP contribution in [-0.4, -0.2) is 33.0 Å². The molecule has 0 bridgehead atoms. The number of fused-ring (bicyclic) bond motifs is 1. The number of halogens is 1. The lowest BCUT2D eigenvalue weighted by Crippen LogP contribution is -2.43. The van der Waals surface area contributed by atoms with Crippen LogP contribution in [-0.2, 0) is 17.9 Å². The second kappa shape index (κ2) is 6.81. The summed E-state index contributed by atoms with van der Waals surface area (Å²) in [6.45, 7) is 3.60. The molecule has 0 aliphatic carbocycles. The first kappa shape index (κ1) is 16.8. The van der Waals surface area contributed by atoms with Crippen molar-refractivity contribution in [3.05, 3.63) is 44.1 Å². The molecule has 2 aromatic rings. The molecule has 1 aliphatic heterocycles. The second-order valence-electron chi connectivity index (χ2n) is 6.07. The summed E-state index contributed by atoms with van der Waals surface area (Å²) in [4.78, 5) is 39.6. The van der Waals surface area contributed by atoms with Gasteiger partial charge >= 0.3 is 5.69 Å². The summed E-state index contributed by atoms with van der Waals surface area (Å²) in [5.74, 6) is -0.0995. The number of carbonyl (C=O) groups is 1. The van der Waals surface area contributed by atoms with Gasteiger partial charge in [-0.1, -0.05) is 18.5 Å². The van der Waals surface area contributed by atoms with Crippen molar-refractivity contribution in [2.24, 2.45) is 0 Å². The lowest BCUT2D eigenvalue weighted by Gasteiger charge is -2.18. The summed E-state index contributed by atoms with van der Waals surface area (Å²) >= 11 is 6.04. The van der Waals surface area contributed by atoms with Crippen LogP contribution in [0.3, 0.4) is 0 Å². The van der Waals surface area contributed by atoms with Crippen molar-refractivity contribution in [3.63, 3.8) is 0 Å². The van der Waals surface area contributed by atoms with Crippen LogP contribution in [0.4, 0.5) is 0 Å². The molecule has 7 heteroatoms. The minimum atomic E-state index is -0.454. The van der Waals surface area contributed by atoms with Gasteiger partial charge < -0.3 is 4.90 Å². The van der Waals surface area contributed by atoms with Crippen LogP contribution in [0.5, 0.6) is 0 Å². The predicted molar refractivity (Wildman–Crippen MR) is 93.6 cm³/mol. The number of likely N-dealkylation sites (tertiary alicyclic amines) is 1. The van der Waals surface area contributed by atoms with Crippen LogP contribution in [0.2, 0.25) is 5.02 Å². The normalized spacial score (nSPS) is 14.5. The zero-order valence-corrected chi connectivity index (χ0v) is 14.4. The molecular weight excluding hydrogens is 330 g/mol. The summed E-state index contributed by atoms with van der Waals surface area (Å²) in [6.07, 6.45) is 2.64. The van der Waals surface area contributed by atoms with Crippen molar-refractivity contribution in [2.45, 2.75) is 39.3 Å². The number of nitrogens with zero attached hydrogens (tertiary/aromatic N) is 3. The van der Waals surface area contributed by atoms with Crippen LogP contribution in [0, 0.1) is 0 Å². The molecule has 1 aromatic heterocycles. The molecule has 128 valence electrons. The summed E-state index contributed by atoms with van der Waals surface area (Å²) in [5.41, 5.74) is -0.375. The molecule has 1 saturated heterocycles. The maximum Gasteiger partial charge on any atom is 0.331 e. The highest BCUT2D eigenvalue weighted by Gasteiger charge is 2.21. The monoisotopic (exact) mass is 349 g/mol. The number of amides is 1.